The van der Waals surface area contributed by atoms with Crippen molar-refractivity contribution in [1.29, 1.82) is 0 Å². The van der Waals surface area contributed by atoms with Crippen LogP contribution in [0.2, 0.25) is 0 Å². The molecule has 10 nitrogen and oxygen atoms in total. The fraction of sp³-hybridized carbons (Fsp3) is 0.345. The van der Waals surface area contributed by atoms with E-state index in [2.05, 4.69) is 31.9 Å². The third-order valence-electron chi connectivity index (χ3n) is 6.88. The SMILES string of the molecule is [c]1c(C2=NSC=CC=C2)c(C2=NOC=CC=C2)c(C2=NNC=CC=C2)on(N2CCCCCC2)n1N1CCSCC1. The Balaban J connectivity index is 1.69. The first-order valence-corrected chi connectivity index (χ1v) is 15.9. The molecule has 2 fully saturated rings. The maximum absolute atomic E-state index is 7.02. The fourth-order valence-electron chi connectivity index (χ4n) is 4.87. The zero-order valence-electron chi connectivity index (χ0n) is 22.8. The Morgan fingerprint density at radius 1 is 0.805 bits per heavy atom. The van der Waals surface area contributed by atoms with Crippen LogP contribution in [0.4, 0.5) is 0 Å². The molecule has 5 aliphatic rings. The van der Waals surface area contributed by atoms with Gasteiger partial charge in [-0.1, -0.05) is 42.3 Å². The lowest BCUT2D eigenvalue weighted by molar-refractivity contribution is 0.149. The molecule has 1 aromatic rings. The van der Waals surface area contributed by atoms with E-state index < -0.39 is 0 Å². The summed E-state index contributed by atoms with van der Waals surface area (Å²) in [5.74, 6) is 2.56. The van der Waals surface area contributed by atoms with Crippen LogP contribution in [0.25, 0.3) is 0 Å². The van der Waals surface area contributed by atoms with Gasteiger partial charge in [-0.3, -0.25) is 15.4 Å². The van der Waals surface area contributed by atoms with Crippen LogP contribution in [0.1, 0.15) is 42.6 Å². The molecule has 0 aromatic carbocycles. The van der Waals surface area contributed by atoms with Gasteiger partial charge in [0.15, 0.2) is 5.76 Å². The maximum atomic E-state index is 7.02. The average Bonchev–Trinajstić information content (AvgIpc) is 3.65. The van der Waals surface area contributed by atoms with E-state index in [0.717, 1.165) is 61.8 Å². The van der Waals surface area contributed by atoms with Gasteiger partial charge in [-0.2, -0.15) is 16.9 Å². The second-order valence-electron chi connectivity index (χ2n) is 9.64. The Morgan fingerprint density at radius 2 is 1.59 bits per heavy atom. The van der Waals surface area contributed by atoms with Crippen molar-refractivity contribution in [3.63, 3.8) is 0 Å². The molecule has 2 saturated heterocycles. The first-order valence-electron chi connectivity index (χ1n) is 13.9. The summed E-state index contributed by atoms with van der Waals surface area (Å²) in [5.41, 5.74) is 6.34. The van der Waals surface area contributed by atoms with E-state index >= 15 is 0 Å². The van der Waals surface area contributed by atoms with Crippen LogP contribution in [0.15, 0.2) is 91.7 Å². The van der Waals surface area contributed by atoms with Crippen LogP contribution in [-0.4, -0.2) is 64.6 Å². The lowest BCUT2D eigenvalue weighted by Gasteiger charge is -2.34. The van der Waals surface area contributed by atoms with Crippen molar-refractivity contribution < 1.29 is 9.36 Å². The minimum absolute atomic E-state index is 0.519. The molecule has 5 aliphatic heterocycles. The van der Waals surface area contributed by atoms with Gasteiger partial charge in [0.25, 0.3) is 0 Å². The molecule has 6 rings (SSSR count). The topological polar surface area (TPSA) is 87.8 Å². The summed E-state index contributed by atoms with van der Waals surface area (Å²) in [6.45, 7) is 3.47. The molecule has 0 amide bonds. The Morgan fingerprint density at radius 3 is 2.46 bits per heavy atom. The standard InChI is InChI=1S/C29H33N8O2S2/c1-2-8-16-35(15-7-1)37-36(34-17-21-40-22-18-34)23-24(25-11-5-10-20-41-33-25)28(26-12-4-9-19-38-32-26)29(39-37)27-13-3-6-14-30-31-27/h3-6,9-14,19-20,30H,1-2,7-8,15-18,21-22H2. The second kappa shape index (κ2) is 13.7. The number of oxime groups is 1. The third kappa shape index (κ3) is 6.59. The van der Waals surface area contributed by atoms with Gasteiger partial charge in [0.05, 0.1) is 11.3 Å². The summed E-state index contributed by atoms with van der Waals surface area (Å²) >= 11 is 3.34. The summed E-state index contributed by atoms with van der Waals surface area (Å²) in [6.07, 6.45) is 29.0. The molecule has 0 atom stereocenters. The van der Waals surface area contributed by atoms with E-state index in [1.54, 1.807) is 18.5 Å². The Hall–Kier alpha value is -3.77. The first-order chi connectivity index (χ1) is 20.4. The molecule has 0 saturated carbocycles. The van der Waals surface area contributed by atoms with Crippen molar-refractivity contribution in [1.82, 2.24) is 15.2 Å². The number of nitrogens with one attached hydrogen (secondary N) is 1. The minimum Gasteiger partial charge on any atom is -0.364 e. The number of thioether (sulfide) groups is 1. The highest BCUT2D eigenvalue weighted by atomic mass is 32.2. The van der Waals surface area contributed by atoms with Crippen LogP contribution in [0.3, 0.4) is 0 Å². The Bertz CT molecular complexity index is 1420. The van der Waals surface area contributed by atoms with Crippen LogP contribution < -0.4 is 15.4 Å². The molecule has 0 spiro atoms. The van der Waals surface area contributed by atoms with E-state index in [4.69, 9.17) is 13.8 Å². The van der Waals surface area contributed by atoms with E-state index in [0.29, 0.717) is 22.7 Å². The van der Waals surface area contributed by atoms with Gasteiger partial charge in [-0.25, -0.2) is 4.40 Å². The van der Waals surface area contributed by atoms with Gasteiger partial charge < -0.3 is 9.36 Å². The molecule has 6 heterocycles. The molecule has 0 unspecified atom stereocenters. The largest absolute Gasteiger partial charge is 0.364 e. The number of rotatable bonds is 5. The number of nitrogens with zero attached hydrogens (tertiary/aromatic N) is 7. The van der Waals surface area contributed by atoms with Gasteiger partial charge in [-0.15, -0.1) is 4.79 Å². The predicted octanol–water partition coefficient (Wildman–Crippen LogP) is 4.71. The van der Waals surface area contributed by atoms with Gasteiger partial charge in [0.1, 0.15) is 23.9 Å². The second-order valence-corrected chi connectivity index (χ2v) is 11.5. The first kappa shape index (κ1) is 27.4. The molecule has 0 aliphatic carbocycles. The highest BCUT2D eigenvalue weighted by Crippen LogP contribution is 2.24. The van der Waals surface area contributed by atoms with E-state index in [-0.39, 0.29) is 0 Å². The highest BCUT2D eigenvalue weighted by molar-refractivity contribution is 8.01. The quantitative estimate of drug-likeness (QED) is 0.498. The molecule has 12 heteroatoms. The summed E-state index contributed by atoms with van der Waals surface area (Å²) in [6, 6.07) is 0. The van der Waals surface area contributed by atoms with Crippen molar-refractivity contribution in [2.45, 2.75) is 25.7 Å². The zero-order valence-corrected chi connectivity index (χ0v) is 24.4. The van der Waals surface area contributed by atoms with Crippen LogP contribution in [0, 0.1) is 6.20 Å². The molecular weight excluding hydrogens is 557 g/mol. The van der Waals surface area contributed by atoms with E-state index in [1.165, 1.54) is 24.8 Å². The van der Waals surface area contributed by atoms with Crippen LogP contribution in [-0.2, 0) is 4.84 Å². The molecule has 213 valence electrons. The molecule has 0 bridgehead atoms. The molecular formula is C29H33N8O2S2. The van der Waals surface area contributed by atoms with Crippen molar-refractivity contribution >= 4 is 40.8 Å². The smallest absolute Gasteiger partial charge is 0.197 e. The Labute approximate surface area is 248 Å². The highest BCUT2D eigenvalue weighted by Gasteiger charge is 2.28. The number of hydrogen-bond donors (Lipinski definition) is 1. The van der Waals surface area contributed by atoms with Crippen LogP contribution in [0.5, 0.6) is 0 Å². The maximum Gasteiger partial charge on any atom is 0.197 e. The van der Waals surface area contributed by atoms with Crippen molar-refractivity contribution in [2.75, 3.05) is 47.7 Å². The van der Waals surface area contributed by atoms with Crippen molar-refractivity contribution in [3.8, 4) is 0 Å². The third-order valence-corrected chi connectivity index (χ3v) is 8.40. The average molecular weight is 590 g/mol. The number of hydrogen-bond acceptors (Lipinski definition) is 10. The molecule has 1 aromatic heterocycles. The molecule has 1 radical (unpaired) electrons. The number of hydrazone groups is 1. The van der Waals surface area contributed by atoms with Crippen LogP contribution >= 0.6 is 23.7 Å². The number of aromatic nitrogens is 2. The minimum atomic E-state index is 0.519. The normalized spacial score (nSPS) is 20.6. The van der Waals surface area contributed by atoms with Gasteiger partial charge in [0.2, 0.25) is 0 Å². The molecule has 1 N–H and O–H groups in total. The summed E-state index contributed by atoms with van der Waals surface area (Å²) in [4.78, 5) is 9.42. The lowest BCUT2D eigenvalue weighted by Crippen LogP contribution is -2.50. The van der Waals surface area contributed by atoms with Gasteiger partial charge >= 0.3 is 0 Å². The summed E-state index contributed by atoms with van der Waals surface area (Å²) in [7, 11) is 0. The number of allylic oxidation sites excluding steroid dienone is 9. The van der Waals surface area contributed by atoms with Crippen molar-refractivity contribution in [3.05, 3.63) is 95.6 Å². The van der Waals surface area contributed by atoms with Gasteiger partial charge in [0, 0.05) is 61.4 Å². The summed E-state index contributed by atoms with van der Waals surface area (Å²) < 4.78 is 11.9. The molecule has 41 heavy (non-hydrogen) atoms. The van der Waals surface area contributed by atoms with Gasteiger partial charge in [-0.05, 0) is 53.6 Å². The zero-order chi connectivity index (χ0) is 27.7. The fourth-order valence-corrected chi connectivity index (χ4v) is 6.24. The monoisotopic (exact) mass is 589 g/mol. The van der Waals surface area contributed by atoms with Crippen molar-refractivity contribution in [2.24, 2.45) is 14.7 Å². The van der Waals surface area contributed by atoms with E-state index in [9.17, 15) is 0 Å². The summed E-state index contributed by atoms with van der Waals surface area (Å²) in [5, 5.41) is 15.7. The lowest BCUT2D eigenvalue weighted by atomic mass is 9.97. The predicted molar refractivity (Wildman–Crippen MR) is 169 cm³/mol. The Kier molecular flexibility index (Phi) is 9.18. The van der Waals surface area contributed by atoms with E-state index in [1.807, 2.05) is 75.5 Å².